The molecule has 1 aliphatic carbocycles. The van der Waals surface area contributed by atoms with Crippen molar-refractivity contribution < 1.29 is 4.74 Å². The maximum absolute atomic E-state index is 5.64. The Bertz CT molecular complexity index is 195. The fourth-order valence-corrected chi connectivity index (χ4v) is 2.74. The summed E-state index contributed by atoms with van der Waals surface area (Å²) in [6, 6.07) is 1.37. The first kappa shape index (κ1) is 14.9. The monoisotopic (exact) mass is 242 g/mol. The lowest BCUT2D eigenvalue weighted by Crippen LogP contribution is -2.51. The molecule has 3 heteroatoms. The Morgan fingerprint density at radius 1 is 1.29 bits per heavy atom. The highest BCUT2D eigenvalue weighted by molar-refractivity contribution is 4.86. The summed E-state index contributed by atoms with van der Waals surface area (Å²) in [4.78, 5) is 2.48. The van der Waals surface area contributed by atoms with Gasteiger partial charge >= 0.3 is 0 Å². The Balaban J connectivity index is 2.33. The van der Waals surface area contributed by atoms with E-state index in [0.29, 0.717) is 18.2 Å². The van der Waals surface area contributed by atoms with Crippen molar-refractivity contribution in [3.8, 4) is 0 Å². The van der Waals surface area contributed by atoms with Gasteiger partial charge in [0.1, 0.15) is 0 Å². The average molecular weight is 242 g/mol. The van der Waals surface area contributed by atoms with Crippen molar-refractivity contribution in [3.05, 3.63) is 0 Å². The van der Waals surface area contributed by atoms with Gasteiger partial charge < -0.3 is 10.1 Å². The molecule has 17 heavy (non-hydrogen) atoms. The van der Waals surface area contributed by atoms with Gasteiger partial charge in [-0.3, -0.25) is 4.90 Å². The lowest BCUT2D eigenvalue weighted by Gasteiger charge is -2.38. The minimum Gasteiger partial charge on any atom is -0.377 e. The van der Waals surface area contributed by atoms with E-state index in [9.17, 15) is 0 Å². The molecule has 0 radical (unpaired) electrons. The van der Waals surface area contributed by atoms with E-state index in [0.717, 1.165) is 19.7 Å². The molecule has 1 fully saturated rings. The van der Waals surface area contributed by atoms with E-state index < -0.39 is 0 Å². The molecule has 3 nitrogen and oxygen atoms in total. The van der Waals surface area contributed by atoms with Crippen LogP contribution in [0.3, 0.4) is 0 Å². The minimum absolute atomic E-state index is 0.347. The minimum atomic E-state index is 0.347. The highest BCUT2D eigenvalue weighted by Crippen LogP contribution is 2.22. The van der Waals surface area contributed by atoms with Crippen LogP contribution in [0.15, 0.2) is 0 Å². The summed E-state index contributed by atoms with van der Waals surface area (Å²) < 4.78 is 5.64. The smallest absolute Gasteiger partial charge is 0.0596 e. The Kier molecular flexibility index (Phi) is 7.09. The highest BCUT2D eigenvalue weighted by atomic mass is 16.5. The highest BCUT2D eigenvalue weighted by Gasteiger charge is 2.27. The van der Waals surface area contributed by atoms with Gasteiger partial charge in [-0.1, -0.05) is 19.8 Å². The lowest BCUT2D eigenvalue weighted by molar-refractivity contribution is 0.0461. The molecular weight excluding hydrogens is 212 g/mol. The standard InChI is InChI=1S/C14H30N2O/c1-5-15-13-8-6-7-9-14(13)16(4)10-11-17-12(2)3/h12-15H,5-11H2,1-4H3. The summed E-state index contributed by atoms with van der Waals surface area (Å²) in [5.74, 6) is 0. The Hall–Kier alpha value is -0.120. The fraction of sp³-hybridized carbons (Fsp3) is 1.00. The van der Waals surface area contributed by atoms with E-state index in [-0.39, 0.29) is 0 Å². The second-order valence-corrected chi connectivity index (χ2v) is 5.42. The van der Waals surface area contributed by atoms with E-state index in [2.05, 4.69) is 38.0 Å². The van der Waals surface area contributed by atoms with Crippen LogP contribution < -0.4 is 5.32 Å². The van der Waals surface area contributed by atoms with E-state index in [1.165, 1.54) is 25.7 Å². The predicted molar refractivity (Wildman–Crippen MR) is 73.4 cm³/mol. The summed E-state index contributed by atoms with van der Waals surface area (Å²) in [5.41, 5.74) is 0. The van der Waals surface area contributed by atoms with Gasteiger partial charge in [0.05, 0.1) is 12.7 Å². The van der Waals surface area contributed by atoms with Crippen LogP contribution in [-0.4, -0.2) is 49.8 Å². The van der Waals surface area contributed by atoms with E-state index in [1.807, 2.05) is 0 Å². The molecule has 1 aliphatic rings. The molecule has 1 saturated carbocycles. The maximum Gasteiger partial charge on any atom is 0.0596 e. The van der Waals surface area contributed by atoms with Crippen molar-refractivity contribution in [2.75, 3.05) is 26.7 Å². The molecule has 0 aromatic heterocycles. The first-order valence-corrected chi connectivity index (χ1v) is 7.20. The number of hydrogen-bond donors (Lipinski definition) is 1. The molecule has 0 amide bonds. The molecule has 0 aromatic rings. The van der Waals surface area contributed by atoms with E-state index in [4.69, 9.17) is 4.74 Å². The van der Waals surface area contributed by atoms with Crippen LogP contribution in [0.2, 0.25) is 0 Å². The fourth-order valence-electron chi connectivity index (χ4n) is 2.74. The lowest BCUT2D eigenvalue weighted by atomic mass is 9.89. The van der Waals surface area contributed by atoms with Crippen molar-refractivity contribution in [2.45, 2.75) is 64.6 Å². The van der Waals surface area contributed by atoms with E-state index in [1.54, 1.807) is 0 Å². The first-order valence-electron chi connectivity index (χ1n) is 7.20. The zero-order valence-electron chi connectivity index (χ0n) is 12.0. The molecule has 0 heterocycles. The topological polar surface area (TPSA) is 24.5 Å². The Labute approximate surface area is 107 Å². The predicted octanol–water partition coefficient (Wildman–Crippen LogP) is 2.26. The third-order valence-corrected chi connectivity index (χ3v) is 3.66. The molecule has 2 atom stereocenters. The summed E-state index contributed by atoms with van der Waals surface area (Å²) >= 11 is 0. The first-order chi connectivity index (χ1) is 8.15. The maximum atomic E-state index is 5.64. The van der Waals surface area contributed by atoms with Crippen molar-refractivity contribution >= 4 is 0 Å². The molecule has 0 aromatic carbocycles. The Morgan fingerprint density at radius 3 is 2.65 bits per heavy atom. The van der Waals surface area contributed by atoms with Gasteiger partial charge in [0.15, 0.2) is 0 Å². The van der Waals surface area contributed by atoms with Crippen LogP contribution >= 0.6 is 0 Å². The third-order valence-electron chi connectivity index (χ3n) is 3.66. The second-order valence-electron chi connectivity index (χ2n) is 5.42. The molecule has 1 rings (SSSR count). The van der Waals surface area contributed by atoms with Gasteiger partial charge in [-0.05, 0) is 40.3 Å². The Morgan fingerprint density at radius 2 is 2.00 bits per heavy atom. The summed E-state index contributed by atoms with van der Waals surface area (Å²) in [7, 11) is 2.24. The largest absolute Gasteiger partial charge is 0.377 e. The third kappa shape index (κ3) is 5.36. The number of ether oxygens (including phenoxy) is 1. The molecule has 0 saturated heterocycles. The van der Waals surface area contributed by atoms with Gasteiger partial charge in [-0.25, -0.2) is 0 Å². The zero-order chi connectivity index (χ0) is 12.7. The average Bonchev–Trinajstić information content (AvgIpc) is 2.29. The number of nitrogens with one attached hydrogen (secondary N) is 1. The summed E-state index contributed by atoms with van der Waals surface area (Å²) in [6.45, 7) is 9.38. The van der Waals surface area contributed by atoms with Crippen LogP contribution in [-0.2, 0) is 4.74 Å². The van der Waals surface area contributed by atoms with Crippen molar-refractivity contribution in [2.24, 2.45) is 0 Å². The van der Waals surface area contributed by atoms with Gasteiger partial charge in [-0.2, -0.15) is 0 Å². The van der Waals surface area contributed by atoms with Crippen LogP contribution in [0, 0.1) is 0 Å². The second kappa shape index (κ2) is 8.06. The molecular formula is C14H30N2O. The van der Waals surface area contributed by atoms with Gasteiger partial charge in [0.2, 0.25) is 0 Å². The van der Waals surface area contributed by atoms with Gasteiger partial charge in [0.25, 0.3) is 0 Å². The summed E-state index contributed by atoms with van der Waals surface area (Å²) in [6.07, 6.45) is 5.76. The number of nitrogens with zero attached hydrogens (tertiary/aromatic N) is 1. The van der Waals surface area contributed by atoms with Crippen molar-refractivity contribution in [1.82, 2.24) is 10.2 Å². The van der Waals surface area contributed by atoms with Crippen LogP contribution in [0.4, 0.5) is 0 Å². The number of likely N-dealkylation sites (N-methyl/N-ethyl adjacent to an activating group) is 2. The van der Waals surface area contributed by atoms with Crippen LogP contribution in [0.5, 0.6) is 0 Å². The molecule has 0 bridgehead atoms. The SMILES string of the molecule is CCNC1CCCCC1N(C)CCOC(C)C. The van der Waals surface area contributed by atoms with Crippen LogP contribution in [0.1, 0.15) is 46.5 Å². The van der Waals surface area contributed by atoms with E-state index >= 15 is 0 Å². The molecule has 0 spiro atoms. The van der Waals surface area contributed by atoms with Gasteiger partial charge in [0, 0.05) is 18.6 Å². The molecule has 2 unspecified atom stereocenters. The molecule has 1 N–H and O–H groups in total. The molecule has 0 aliphatic heterocycles. The van der Waals surface area contributed by atoms with Crippen molar-refractivity contribution in [3.63, 3.8) is 0 Å². The molecule has 102 valence electrons. The van der Waals surface area contributed by atoms with Crippen molar-refractivity contribution in [1.29, 1.82) is 0 Å². The summed E-state index contributed by atoms with van der Waals surface area (Å²) in [5, 5.41) is 3.63. The number of rotatable bonds is 7. The van der Waals surface area contributed by atoms with Gasteiger partial charge in [-0.15, -0.1) is 0 Å². The zero-order valence-corrected chi connectivity index (χ0v) is 12.0. The number of hydrogen-bond acceptors (Lipinski definition) is 3. The normalized spacial score (nSPS) is 25.8. The quantitative estimate of drug-likeness (QED) is 0.741. The van der Waals surface area contributed by atoms with Crippen LogP contribution in [0.25, 0.3) is 0 Å².